The van der Waals surface area contributed by atoms with Crippen LogP contribution in [0, 0.1) is 24.2 Å². The summed E-state index contributed by atoms with van der Waals surface area (Å²) in [6.45, 7) is 11.2. The highest BCUT2D eigenvalue weighted by atomic mass is 32.2. The minimum atomic E-state index is -0.231. The predicted molar refractivity (Wildman–Crippen MR) is 145 cm³/mol. The van der Waals surface area contributed by atoms with Crippen molar-refractivity contribution in [1.82, 2.24) is 9.47 Å². The molecule has 34 heavy (non-hydrogen) atoms. The molecule has 8 heteroatoms. The van der Waals surface area contributed by atoms with Crippen molar-refractivity contribution < 1.29 is 4.79 Å². The van der Waals surface area contributed by atoms with Gasteiger partial charge < -0.3 is 4.90 Å². The van der Waals surface area contributed by atoms with E-state index in [2.05, 4.69) is 31.7 Å². The molecule has 0 aromatic carbocycles. The molecule has 3 rings (SSSR count). The zero-order valence-electron chi connectivity index (χ0n) is 20.9. The molecule has 184 valence electrons. The lowest BCUT2D eigenvalue weighted by Crippen LogP contribution is -2.40. The lowest BCUT2D eigenvalue weighted by Gasteiger charge is -2.36. The van der Waals surface area contributed by atoms with Gasteiger partial charge in [0, 0.05) is 31.7 Å². The first-order valence-corrected chi connectivity index (χ1v) is 13.7. The number of nitriles is 1. The third kappa shape index (κ3) is 5.58. The van der Waals surface area contributed by atoms with Crippen LogP contribution in [0.5, 0.6) is 0 Å². The van der Waals surface area contributed by atoms with Gasteiger partial charge in [0.15, 0.2) is 0 Å². The smallest absolute Gasteiger partial charge is 0.270 e. The monoisotopic (exact) mass is 500 g/mol. The van der Waals surface area contributed by atoms with E-state index in [9.17, 15) is 14.9 Å². The maximum atomic E-state index is 13.4. The van der Waals surface area contributed by atoms with Crippen molar-refractivity contribution in [3.63, 3.8) is 0 Å². The van der Waals surface area contributed by atoms with Gasteiger partial charge in [0.2, 0.25) is 0 Å². The first kappa shape index (κ1) is 26.5. The maximum absolute atomic E-state index is 13.4. The van der Waals surface area contributed by atoms with Gasteiger partial charge in [-0.1, -0.05) is 64.0 Å². The Morgan fingerprint density at radius 1 is 1.18 bits per heavy atom. The van der Waals surface area contributed by atoms with Crippen LogP contribution in [0.2, 0.25) is 0 Å². The van der Waals surface area contributed by atoms with Crippen LogP contribution in [0.3, 0.4) is 0 Å². The van der Waals surface area contributed by atoms with Gasteiger partial charge in [-0.3, -0.25) is 19.1 Å². The van der Waals surface area contributed by atoms with Crippen molar-refractivity contribution in [2.75, 3.05) is 24.5 Å². The number of pyridine rings is 1. The minimum absolute atomic E-state index is 0.0757. The van der Waals surface area contributed by atoms with E-state index in [1.165, 1.54) is 11.8 Å². The van der Waals surface area contributed by atoms with E-state index >= 15 is 0 Å². The Morgan fingerprint density at radius 3 is 2.56 bits per heavy atom. The summed E-state index contributed by atoms with van der Waals surface area (Å²) >= 11 is 6.85. The Balaban J connectivity index is 2.15. The van der Waals surface area contributed by atoms with Crippen LogP contribution < -0.4 is 10.5 Å². The van der Waals surface area contributed by atoms with Crippen molar-refractivity contribution >= 4 is 46.1 Å². The Hall–Kier alpha value is -2.11. The zero-order valence-corrected chi connectivity index (χ0v) is 22.5. The van der Waals surface area contributed by atoms with Crippen molar-refractivity contribution in [2.45, 2.75) is 79.2 Å². The number of unbranched alkanes of at least 4 members (excludes halogenated alkanes) is 3. The van der Waals surface area contributed by atoms with Crippen LogP contribution in [0.25, 0.3) is 6.08 Å². The molecular weight excluding hydrogens is 464 g/mol. The van der Waals surface area contributed by atoms with E-state index in [4.69, 9.17) is 12.2 Å². The first-order valence-electron chi connectivity index (χ1n) is 12.5. The van der Waals surface area contributed by atoms with Crippen LogP contribution in [0.15, 0.2) is 9.70 Å². The summed E-state index contributed by atoms with van der Waals surface area (Å²) in [5.41, 5.74) is 1.38. The molecule has 1 unspecified atom stereocenters. The van der Waals surface area contributed by atoms with E-state index in [1.54, 1.807) is 9.47 Å². The van der Waals surface area contributed by atoms with Crippen LogP contribution in [0.1, 0.15) is 82.4 Å². The lowest BCUT2D eigenvalue weighted by molar-refractivity contribution is -0.122. The topological polar surface area (TPSA) is 69.3 Å². The predicted octanol–water partition coefficient (Wildman–Crippen LogP) is 5.46. The van der Waals surface area contributed by atoms with E-state index in [0.29, 0.717) is 33.8 Å². The highest BCUT2D eigenvalue weighted by Gasteiger charge is 2.33. The summed E-state index contributed by atoms with van der Waals surface area (Å²) in [6, 6.07) is 2.14. The van der Waals surface area contributed by atoms with Gasteiger partial charge >= 0.3 is 0 Å². The molecule has 3 heterocycles. The molecule has 0 N–H and O–H groups in total. The number of carbonyl (C=O) groups is 1. The fourth-order valence-electron chi connectivity index (χ4n) is 4.73. The molecule has 0 radical (unpaired) electrons. The second-order valence-electron chi connectivity index (χ2n) is 9.39. The van der Waals surface area contributed by atoms with Gasteiger partial charge in [0.05, 0.1) is 4.91 Å². The molecule has 2 aliphatic rings. The molecule has 1 aromatic heterocycles. The number of rotatable bonds is 9. The van der Waals surface area contributed by atoms with Crippen LogP contribution in [-0.2, 0) is 11.3 Å². The molecule has 6 nitrogen and oxygen atoms in total. The molecule has 2 fully saturated rings. The molecule has 1 atom stereocenters. The Bertz CT molecular complexity index is 1070. The third-order valence-corrected chi connectivity index (χ3v) is 8.05. The Morgan fingerprint density at radius 2 is 1.91 bits per heavy atom. The van der Waals surface area contributed by atoms with Crippen molar-refractivity contribution in [3.05, 3.63) is 31.9 Å². The molecule has 1 amide bonds. The van der Waals surface area contributed by atoms with Gasteiger partial charge in [-0.15, -0.1) is 0 Å². The normalized spacial score (nSPS) is 19.9. The SMILES string of the molecule is CCCCCN1C(=O)/C(=C/c2c(C)c(C#N)c(=O)n(CCCC)c2N2CCCC(C)C2)SC1=S. The number of amides is 1. The number of piperidine rings is 1. The van der Waals surface area contributed by atoms with E-state index in [0.717, 1.165) is 69.4 Å². The number of anilines is 1. The fourth-order valence-corrected chi connectivity index (χ4v) is 6.02. The summed E-state index contributed by atoms with van der Waals surface area (Å²) in [6.07, 6.45) is 8.96. The van der Waals surface area contributed by atoms with Crippen LogP contribution >= 0.6 is 24.0 Å². The molecule has 0 saturated carbocycles. The molecule has 0 spiro atoms. The summed E-state index contributed by atoms with van der Waals surface area (Å²) in [7, 11) is 0. The molecule has 2 saturated heterocycles. The number of thiocarbonyl (C=S) groups is 1. The van der Waals surface area contributed by atoms with Crippen LogP contribution in [0.4, 0.5) is 5.82 Å². The molecule has 0 bridgehead atoms. The summed E-state index contributed by atoms with van der Waals surface area (Å²) in [4.78, 5) is 31.2. The molecule has 1 aromatic rings. The number of thioether (sulfide) groups is 1. The largest absolute Gasteiger partial charge is 0.357 e. The molecular formula is C26H36N4O2S2. The lowest BCUT2D eigenvalue weighted by atomic mass is 9.98. The van der Waals surface area contributed by atoms with Crippen LogP contribution in [-0.4, -0.2) is 39.3 Å². The quantitative estimate of drug-likeness (QED) is 0.255. The summed E-state index contributed by atoms with van der Waals surface area (Å²) < 4.78 is 2.36. The van der Waals surface area contributed by atoms with E-state index in [-0.39, 0.29) is 17.0 Å². The number of aromatic nitrogens is 1. The average Bonchev–Trinajstić information content (AvgIpc) is 3.07. The summed E-state index contributed by atoms with van der Waals surface area (Å²) in [5, 5.41) is 9.84. The second-order valence-corrected chi connectivity index (χ2v) is 11.1. The number of carbonyl (C=O) groups excluding carboxylic acids is 1. The molecule has 0 aliphatic carbocycles. The first-order chi connectivity index (χ1) is 16.3. The second kappa shape index (κ2) is 12.0. The van der Waals surface area contributed by atoms with Gasteiger partial charge in [-0.05, 0) is 50.2 Å². The van der Waals surface area contributed by atoms with Crippen molar-refractivity contribution in [2.24, 2.45) is 5.92 Å². The highest BCUT2D eigenvalue weighted by molar-refractivity contribution is 8.26. The highest BCUT2D eigenvalue weighted by Crippen LogP contribution is 2.37. The van der Waals surface area contributed by atoms with E-state index < -0.39 is 0 Å². The maximum Gasteiger partial charge on any atom is 0.270 e. The third-order valence-electron chi connectivity index (χ3n) is 6.67. The van der Waals surface area contributed by atoms with Gasteiger partial charge in [-0.2, -0.15) is 5.26 Å². The number of nitrogens with zero attached hydrogens (tertiary/aromatic N) is 4. The van der Waals surface area contributed by atoms with E-state index in [1.807, 2.05) is 13.0 Å². The number of hydrogen-bond donors (Lipinski definition) is 0. The fraction of sp³-hybridized carbons (Fsp3) is 0.615. The van der Waals surface area contributed by atoms with Gasteiger partial charge in [-0.25, -0.2) is 0 Å². The van der Waals surface area contributed by atoms with Gasteiger partial charge in [0.25, 0.3) is 11.5 Å². The molecule has 2 aliphatic heterocycles. The van der Waals surface area contributed by atoms with Gasteiger partial charge in [0.1, 0.15) is 21.8 Å². The number of hydrogen-bond acceptors (Lipinski definition) is 6. The zero-order chi connectivity index (χ0) is 24.8. The van der Waals surface area contributed by atoms with Crippen molar-refractivity contribution in [1.29, 1.82) is 5.26 Å². The Labute approximate surface area is 213 Å². The minimum Gasteiger partial charge on any atom is -0.357 e. The average molecular weight is 501 g/mol. The summed E-state index contributed by atoms with van der Waals surface area (Å²) in [5.74, 6) is 1.29. The standard InChI is InChI=1S/C26H36N4O2S2/c1-5-7-9-14-30-25(32)22(34-26(30)33)15-20-19(4)21(16-27)24(31)29(13-8-6-2)23(20)28-12-10-11-18(3)17-28/h15,18H,5-14,17H2,1-4H3/b22-15-. The Kier molecular flexibility index (Phi) is 9.38. The van der Waals surface area contributed by atoms with Crippen molar-refractivity contribution in [3.8, 4) is 6.07 Å².